The standard InChI is InChI=1S/C8H18N2O4S2/c1-15(11,12)10-5-2-4-9-8-3-6-16(13,14)7-8/h8-10H,2-7H2,1H3. The molecule has 0 aliphatic carbocycles. The summed E-state index contributed by atoms with van der Waals surface area (Å²) >= 11 is 0. The number of sulfone groups is 1. The van der Waals surface area contributed by atoms with Gasteiger partial charge in [-0.2, -0.15) is 0 Å². The quantitative estimate of drug-likeness (QED) is 0.585. The molecule has 1 rings (SSSR count). The molecule has 0 amide bonds. The molecular weight excluding hydrogens is 252 g/mol. The molecule has 0 bridgehead atoms. The van der Waals surface area contributed by atoms with E-state index >= 15 is 0 Å². The van der Waals surface area contributed by atoms with Crippen molar-refractivity contribution in [3.63, 3.8) is 0 Å². The fourth-order valence-electron chi connectivity index (χ4n) is 1.61. The van der Waals surface area contributed by atoms with E-state index in [9.17, 15) is 16.8 Å². The lowest BCUT2D eigenvalue weighted by Gasteiger charge is -2.10. The van der Waals surface area contributed by atoms with Gasteiger partial charge in [0.05, 0.1) is 17.8 Å². The smallest absolute Gasteiger partial charge is 0.208 e. The topological polar surface area (TPSA) is 92.3 Å². The van der Waals surface area contributed by atoms with Gasteiger partial charge in [-0.25, -0.2) is 21.6 Å². The zero-order valence-electron chi connectivity index (χ0n) is 9.27. The van der Waals surface area contributed by atoms with Crippen LogP contribution in [-0.4, -0.2) is 53.7 Å². The average Bonchev–Trinajstić information content (AvgIpc) is 2.43. The molecule has 1 saturated heterocycles. The lowest BCUT2D eigenvalue weighted by Crippen LogP contribution is -2.33. The zero-order chi connectivity index (χ0) is 12.2. The Morgan fingerprint density at radius 2 is 2.00 bits per heavy atom. The minimum Gasteiger partial charge on any atom is -0.313 e. The Kier molecular flexibility index (Phi) is 4.72. The van der Waals surface area contributed by atoms with Crippen LogP contribution in [-0.2, 0) is 19.9 Å². The van der Waals surface area contributed by atoms with Crippen LogP contribution in [0.25, 0.3) is 0 Å². The van der Waals surface area contributed by atoms with Crippen molar-refractivity contribution in [2.24, 2.45) is 0 Å². The van der Waals surface area contributed by atoms with E-state index in [1.54, 1.807) is 0 Å². The minimum absolute atomic E-state index is 0.0308. The van der Waals surface area contributed by atoms with E-state index in [-0.39, 0.29) is 17.5 Å². The largest absolute Gasteiger partial charge is 0.313 e. The Bertz CT molecular complexity index is 415. The Morgan fingerprint density at radius 3 is 2.50 bits per heavy atom. The molecule has 1 aliphatic heterocycles. The summed E-state index contributed by atoms with van der Waals surface area (Å²) < 4.78 is 46.1. The third-order valence-corrected chi connectivity index (χ3v) is 4.88. The summed E-state index contributed by atoms with van der Waals surface area (Å²) in [6, 6.07) is 0.0308. The van der Waals surface area contributed by atoms with E-state index in [2.05, 4.69) is 10.0 Å². The summed E-state index contributed by atoms with van der Waals surface area (Å²) in [7, 11) is -5.95. The second-order valence-corrected chi connectivity index (χ2v) is 8.14. The molecule has 6 nitrogen and oxygen atoms in total. The molecule has 0 saturated carbocycles. The fourth-order valence-corrected chi connectivity index (χ4v) is 3.83. The van der Waals surface area contributed by atoms with Gasteiger partial charge in [0.2, 0.25) is 10.0 Å². The highest BCUT2D eigenvalue weighted by Gasteiger charge is 2.26. The molecule has 0 aromatic heterocycles. The molecule has 1 aliphatic rings. The third kappa shape index (κ3) is 5.78. The second kappa shape index (κ2) is 5.44. The minimum atomic E-state index is -3.12. The van der Waals surface area contributed by atoms with Gasteiger partial charge in [0.25, 0.3) is 0 Å². The van der Waals surface area contributed by atoms with Gasteiger partial charge >= 0.3 is 0 Å². The molecule has 0 aromatic carbocycles. The fraction of sp³-hybridized carbons (Fsp3) is 1.00. The van der Waals surface area contributed by atoms with Gasteiger partial charge < -0.3 is 5.32 Å². The van der Waals surface area contributed by atoms with Crippen LogP contribution in [0.1, 0.15) is 12.8 Å². The number of hydrogen-bond donors (Lipinski definition) is 2. The lowest BCUT2D eigenvalue weighted by molar-refractivity contribution is 0.536. The van der Waals surface area contributed by atoms with Crippen LogP contribution in [0.15, 0.2) is 0 Å². The average molecular weight is 270 g/mol. The summed E-state index contributed by atoms with van der Waals surface area (Å²) in [5, 5.41) is 3.11. The Labute approximate surface area is 96.8 Å². The van der Waals surface area contributed by atoms with Crippen LogP contribution in [0.3, 0.4) is 0 Å². The van der Waals surface area contributed by atoms with E-state index in [0.29, 0.717) is 25.9 Å². The molecule has 1 atom stereocenters. The van der Waals surface area contributed by atoms with Crippen molar-refractivity contribution in [3.8, 4) is 0 Å². The summed E-state index contributed by atoms with van der Waals surface area (Å²) in [6.07, 6.45) is 2.43. The van der Waals surface area contributed by atoms with Crippen LogP contribution in [0.2, 0.25) is 0 Å². The molecule has 8 heteroatoms. The van der Waals surface area contributed by atoms with E-state index in [0.717, 1.165) is 6.26 Å². The van der Waals surface area contributed by atoms with Crippen molar-refractivity contribution in [2.75, 3.05) is 30.9 Å². The van der Waals surface area contributed by atoms with E-state index < -0.39 is 19.9 Å². The first-order chi connectivity index (χ1) is 7.29. The predicted molar refractivity (Wildman–Crippen MR) is 62.5 cm³/mol. The summed E-state index contributed by atoms with van der Waals surface area (Å²) in [5.74, 6) is 0.457. The Morgan fingerprint density at radius 1 is 1.31 bits per heavy atom. The van der Waals surface area contributed by atoms with Crippen molar-refractivity contribution >= 4 is 19.9 Å². The van der Waals surface area contributed by atoms with Crippen molar-refractivity contribution in [3.05, 3.63) is 0 Å². The molecule has 96 valence electrons. The molecule has 1 fully saturated rings. The van der Waals surface area contributed by atoms with Gasteiger partial charge in [0.1, 0.15) is 0 Å². The maximum absolute atomic E-state index is 11.1. The molecule has 0 aromatic rings. The van der Waals surface area contributed by atoms with E-state index in [1.165, 1.54) is 0 Å². The van der Waals surface area contributed by atoms with E-state index in [1.807, 2.05) is 0 Å². The van der Waals surface area contributed by atoms with Gasteiger partial charge in [-0.1, -0.05) is 0 Å². The molecule has 2 N–H and O–H groups in total. The number of nitrogens with one attached hydrogen (secondary N) is 2. The van der Waals surface area contributed by atoms with E-state index in [4.69, 9.17) is 0 Å². The van der Waals surface area contributed by atoms with Gasteiger partial charge in [-0.3, -0.25) is 0 Å². The molecule has 1 unspecified atom stereocenters. The summed E-state index contributed by atoms with van der Waals surface area (Å²) in [4.78, 5) is 0. The van der Waals surface area contributed by atoms with Crippen LogP contribution in [0.4, 0.5) is 0 Å². The first kappa shape index (κ1) is 13.9. The number of hydrogen-bond acceptors (Lipinski definition) is 5. The Balaban J connectivity index is 2.09. The normalized spacial score (nSPS) is 24.7. The highest BCUT2D eigenvalue weighted by Crippen LogP contribution is 2.10. The van der Waals surface area contributed by atoms with Gasteiger partial charge in [0, 0.05) is 12.6 Å². The third-order valence-electron chi connectivity index (χ3n) is 2.38. The van der Waals surface area contributed by atoms with Crippen molar-refractivity contribution in [2.45, 2.75) is 18.9 Å². The van der Waals surface area contributed by atoms with Crippen LogP contribution < -0.4 is 10.0 Å². The number of rotatable bonds is 6. The zero-order valence-corrected chi connectivity index (χ0v) is 10.9. The maximum atomic E-state index is 11.1. The first-order valence-electron chi connectivity index (χ1n) is 5.17. The molecule has 16 heavy (non-hydrogen) atoms. The molecule has 1 heterocycles. The predicted octanol–water partition coefficient (Wildman–Crippen LogP) is -1.30. The summed E-state index contributed by atoms with van der Waals surface area (Å²) in [5.41, 5.74) is 0. The van der Waals surface area contributed by atoms with Crippen molar-refractivity contribution in [1.82, 2.24) is 10.0 Å². The SMILES string of the molecule is CS(=O)(=O)NCCCNC1CCS(=O)(=O)C1. The Hall–Kier alpha value is -0.180. The van der Waals surface area contributed by atoms with Gasteiger partial charge in [-0.15, -0.1) is 0 Å². The maximum Gasteiger partial charge on any atom is 0.208 e. The van der Waals surface area contributed by atoms with Crippen LogP contribution >= 0.6 is 0 Å². The molecule has 0 spiro atoms. The highest BCUT2D eigenvalue weighted by molar-refractivity contribution is 7.91. The van der Waals surface area contributed by atoms with Gasteiger partial charge in [0.15, 0.2) is 9.84 Å². The van der Waals surface area contributed by atoms with Crippen molar-refractivity contribution in [1.29, 1.82) is 0 Å². The number of sulfonamides is 1. The van der Waals surface area contributed by atoms with Crippen LogP contribution in [0.5, 0.6) is 0 Å². The second-order valence-electron chi connectivity index (χ2n) is 4.07. The molecule has 0 radical (unpaired) electrons. The van der Waals surface area contributed by atoms with Crippen molar-refractivity contribution < 1.29 is 16.8 Å². The highest BCUT2D eigenvalue weighted by atomic mass is 32.2. The summed E-state index contributed by atoms with van der Waals surface area (Å²) in [6.45, 7) is 1.01. The van der Waals surface area contributed by atoms with Crippen LogP contribution in [0, 0.1) is 0 Å². The molecular formula is C8H18N2O4S2. The monoisotopic (exact) mass is 270 g/mol. The lowest BCUT2D eigenvalue weighted by atomic mass is 10.2. The first-order valence-corrected chi connectivity index (χ1v) is 8.88. The van der Waals surface area contributed by atoms with Gasteiger partial charge in [-0.05, 0) is 19.4 Å².